The molecule has 56 valence electrons. The quantitative estimate of drug-likeness (QED) is 0.380. The molecule has 3 nitrogen and oxygen atoms in total. The Bertz CT molecular complexity index is 156. The van der Waals surface area contributed by atoms with Gasteiger partial charge >= 0.3 is 0 Å². The summed E-state index contributed by atoms with van der Waals surface area (Å²) in [6.07, 6.45) is 2.55. The highest BCUT2D eigenvalue weighted by molar-refractivity contribution is 5.89. The molecule has 3 aliphatic heterocycles. The van der Waals surface area contributed by atoms with Gasteiger partial charge < -0.3 is 5.84 Å². The SMILES string of the molecule is NN=C1CN2CCC1CC2. The van der Waals surface area contributed by atoms with E-state index >= 15 is 0 Å². The van der Waals surface area contributed by atoms with Crippen LogP contribution in [0.2, 0.25) is 0 Å². The fourth-order valence-corrected chi connectivity index (χ4v) is 1.93. The first-order valence-electron chi connectivity index (χ1n) is 3.89. The Kier molecular flexibility index (Phi) is 1.38. The number of hydrogen-bond acceptors (Lipinski definition) is 3. The Morgan fingerprint density at radius 2 is 2.10 bits per heavy atom. The van der Waals surface area contributed by atoms with Crippen LogP contribution in [0.15, 0.2) is 5.10 Å². The molecule has 0 aliphatic carbocycles. The van der Waals surface area contributed by atoms with Crippen molar-refractivity contribution in [2.24, 2.45) is 16.9 Å². The summed E-state index contributed by atoms with van der Waals surface area (Å²) in [5.74, 6) is 5.97. The van der Waals surface area contributed by atoms with E-state index in [1.165, 1.54) is 31.6 Å². The molecule has 0 aromatic carbocycles. The first kappa shape index (κ1) is 6.16. The first-order valence-corrected chi connectivity index (χ1v) is 3.89. The van der Waals surface area contributed by atoms with Gasteiger partial charge in [-0.15, -0.1) is 0 Å². The zero-order valence-electron chi connectivity index (χ0n) is 6.08. The predicted octanol–water partition coefficient (Wildman–Crippen LogP) is 0.0267. The van der Waals surface area contributed by atoms with Crippen LogP contribution in [-0.4, -0.2) is 30.2 Å². The number of piperidine rings is 3. The van der Waals surface area contributed by atoms with Crippen molar-refractivity contribution in [2.45, 2.75) is 12.8 Å². The second-order valence-corrected chi connectivity index (χ2v) is 3.17. The van der Waals surface area contributed by atoms with E-state index in [0.717, 1.165) is 12.5 Å². The third-order valence-electron chi connectivity index (χ3n) is 2.61. The minimum absolute atomic E-state index is 0.718. The van der Waals surface area contributed by atoms with Gasteiger partial charge in [0.1, 0.15) is 0 Å². The Labute approximate surface area is 60.9 Å². The molecule has 2 bridgehead atoms. The first-order chi connectivity index (χ1) is 4.90. The second-order valence-electron chi connectivity index (χ2n) is 3.17. The molecule has 3 fully saturated rings. The number of nitrogens with zero attached hydrogens (tertiary/aromatic N) is 2. The van der Waals surface area contributed by atoms with Crippen molar-refractivity contribution in [3.63, 3.8) is 0 Å². The molecule has 3 heterocycles. The van der Waals surface area contributed by atoms with Crippen LogP contribution in [0, 0.1) is 5.92 Å². The second kappa shape index (κ2) is 2.23. The Balaban J connectivity index is 2.15. The van der Waals surface area contributed by atoms with Crippen molar-refractivity contribution < 1.29 is 0 Å². The van der Waals surface area contributed by atoms with E-state index in [9.17, 15) is 0 Å². The molecule has 0 amide bonds. The van der Waals surface area contributed by atoms with Gasteiger partial charge in [0.2, 0.25) is 0 Å². The summed E-state index contributed by atoms with van der Waals surface area (Å²) in [7, 11) is 0. The molecular weight excluding hydrogens is 126 g/mol. The molecule has 0 atom stereocenters. The van der Waals surface area contributed by atoms with Crippen molar-refractivity contribution in [1.82, 2.24) is 4.90 Å². The Morgan fingerprint density at radius 3 is 2.40 bits per heavy atom. The molecule has 3 rings (SSSR count). The summed E-state index contributed by atoms with van der Waals surface area (Å²) in [6.45, 7) is 3.54. The van der Waals surface area contributed by atoms with Gasteiger partial charge in [0.15, 0.2) is 0 Å². The minimum atomic E-state index is 0.718. The van der Waals surface area contributed by atoms with Gasteiger partial charge in [0, 0.05) is 12.5 Å². The third-order valence-corrected chi connectivity index (χ3v) is 2.61. The maximum atomic E-state index is 5.25. The van der Waals surface area contributed by atoms with Gasteiger partial charge in [-0.25, -0.2) is 0 Å². The highest BCUT2D eigenvalue weighted by Crippen LogP contribution is 2.24. The minimum Gasteiger partial charge on any atom is -0.323 e. The van der Waals surface area contributed by atoms with Crippen LogP contribution in [0.25, 0.3) is 0 Å². The lowest BCUT2D eigenvalue weighted by Gasteiger charge is -2.39. The summed E-state index contributed by atoms with van der Waals surface area (Å²) in [5.41, 5.74) is 1.22. The molecule has 3 saturated heterocycles. The number of rotatable bonds is 0. The number of hydrazone groups is 1. The van der Waals surface area contributed by atoms with Crippen LogP contribution in [0.5, 0.6) is 0 Å². The van der Waals surface area contributed by atoms with Crippen LogP contribution in [0.1, 0.15) is 12.8 Å². The summed E-state index contributed by atoms with van der Waals surface area (Å²) < 4.78 is 0. The van der Waals surface area contributed by atoms with Crippen LogP contribution in [0.4, 0.5) is 0 Å². The van der Waals surface area contributed by atoms with E-state index in [-0.39, 0.29) is 0 Å². The fraction of sp³-hybridized carbons (Fsp3) is 0.857. The fourth-order valence-electron chi connectivity index (χ4n) is 1.93. The molecule has 0 aromatic rings. The smallest absolute Gasteiger partial charge is 0.0547 e. The van der Waals surface area contributed by atoms with E-state index in [4.69, 9.17) is 5.84 Å². The van der Waals surface area contributed by atoms with Crippen LogP contribution in [0.3, 0.4) is 0 Å². The maximum Gasteiger partial charge on any atom is 0.0547 e. The maximum absolute atomic E-state index is 5.25. The van der Waals surface area contributed by atoms with Crippen molar-refractivity contribution in [1.29, 1.82) is 0 Å². The van der Waals surface area contributed by atoms with Crippen LogP contribution < -0.4 is 5.84 Å². The zero-order valence-corrected chi connectivity index (χ0v) is 6.08. The molecule has 0 saturated carbocycles. The molecule has 0 aromatic heterocycles. The molecule has 2 N–H and O–H groups in total. The average molecular weight is 139 g/mol. The standard InChI is InChI=1S/C7H13N3/c8-9-7-5-10-3-1-6(7)2-4-10/h6H,1-5,8H2. The predicted molar refractivity (Wildman–Crippen MR) is 40.8 cm³/mol. The van der Waals surface area contributed by atoms with E-state index in [1.54, 1.807) is 0 Å². The summed E-state index contributed by atoms with van der Waals surface area (Å²) in [6, 6.07) is 0. The van der Waals surface area contributed by atoms with E-state index < -0.39 is 0 Å². The molecule has 0 spiro atoms. The van der Waals surface area contributed by atoms with Gasteiger partial charge in [-0.3, -0.25) is 4.90 Å². The summed E-state index contributed by atoms with van der Waals surface area (Å²) in [5, 5.41) is 3.81. The van der Waals surface area contributed by atoms with Gasteiger partial charge in [-0.2, -0.15) is 5.10 Å². The number of fused-ring (bicyclic) bond motifs is 3. The van der Waals surface area contributed by atoms with E-state index in [1.807, 2.05) is 0 Å². The Hall–Kier alpha value is -0.570. The lowest BCUT2D eigenvalue weighted by Crippen LogP contribution is -2.48. The van der Waals surface area contributed by atoms with Gasteiger partial charge in [0.25, 0.3) is 0 Å². The number of nitrogens with two attached hydrogens (primary N) is 1. The van der Waals surface area contributed by atoms with Gasteiger partial charge in [0.05, 0.1) is 5.71 Å². The summed E-state index contributed by atoms with van der Waals surface area (Å²) >= 11 is 0. The van der Waals surface area contributed by atoms with E-state index in [2.05, 4.69) is 10.0 Å². The van der Waals surface area contributed by atoms with Crippen molar-refractivity contribution >= 4 is 5.71 Å². The summed E-state index contributed by atoms with van der Waals surface area (Å²) in [4.78, 5) is 2.42. The van der Waals surface area contributed by atoms with Crippen molar-refractivity contribution in [3.05, 3.63) is 0 Å². The van der Waals surface area contributed by atoms with Gasteiger partial charge in [-0.05, 0) is 25.9 Å². The highest BCUT2D eigenvalue weighted by atomic mass is 15.2. The lowest BCUT2D eigenvalue weighted by molar-refractivity contribution is 0.200. The lowest BCUT2D eigenvalue weighted by atomic mass is 9.87. The monoisotopic (exact) mass is 139 g/mol. The Morgan fingerprint density at radius 1 is 1.40 bits per heavy atom. The molecule has 3 heteroatoms. The molecule has 10 heavy (non-hydrogen) atoms. The largest absolute Gasteiger partial charge is 0.323 e. The topological polar surface area (TPSA) is 41.6 Å². The molecular formula is C7H13N3. The molecule has 3 aliphatic rings. The van der Waals surface area contributed by atoms with Crippen molar-refractivity contribution in [2.75, 3.05) is 19.6 Å². The van der Waals surface area contributed by atoms with Crippen LogP contribution >= 0.6 is 0 Å². The van der Waals surface area contributed by atoms with Crippen molar-refractivity contribution in [3.8, 4) is 0 Å². The molecule has 0 radical (unpaired) electrons. The molecule has 0 unspecified atom stereocenters. The highest BCUT2D eigenvalue weighted by Gasteiger charge is 2.30. The average Bonchev–Trinajstić information content (AvgIpc) is 2.06. The van der Waals surface area contributed by atoms with Crippen LogP contribution in [-0.2, 0) is 0 Å². The van der Waals surface area contributed by atoms with E-state index in [0.29, 0.717) is 0 Å². The van der Waals surface area contributed by atoms with Gasteiger partial charge in [-0.1, -0.05) is 0 Å². The zero-order chi connectivity index (χ0) is 6.97. The normalized spacial score (nSPS) is 42.6. The number of hydrogen-bond donors (Lipinski definition) is 1. The third kappa shape index (κ3) is 0.814.